The van der Waals surface area contributed by atoms with Crippen molar-refractivity contribution in [3.05, 3.63) is 35.9 Å². The van der Waals surface area contributed by atoms with Crippen LogP contribution in [0.2, 0.25) is 0 Å². The van der Waals surface area contributed by atoms with E-state index in [1.165, 1.54) is 5.56 Å². The number of carbonyl (C=O) groups is 1. The molecule has 100 valence electrons. The fourth-order valence-electron chi connectivity index (χ4n) is 1.72. The molecule has 1 rings (SSSR count). The van der Waals surface area contributed by atoms with E-state index in [4.69, 9.17) is 5.73 Å². The zero-order chi connectivity index (χ0) is 13.8. The van der Waals surface area contributed by atoms with Gasteiger partial charge in [0.05, 0.1) is 6.04 Å². The van der Waals surface area contributed by atoms with Crippen molar-refractivity contribution in [2.24, 2.45) is 11.7 Å². The van der Waals surface area contributed by atoms with Crippen LogP contribution in [0.1, 0.15) is 33.3 Å². The number of nitrogens with one attached hydrogen (secondary N) is 1. The Morgan fingerprint density at radius 2 is 1.83 bits per heavy atom. The molecule has 0 aromatic heterocycles. The molecule has 0 fully saturated rings. The van der Waals surface area contributed by atoms with Gasteiger partial charge in [0.2, 0.25) is 5.91 Å². The summed E-state index contributed by atoms with van der Waals surface area (Å²) in [6, 6.07) is 9.74. The second-order valence-corrected chi connectivity index (χ2v) is 5.74. The molecule has 18 heavy (non-hydrogen) atoms. The van der Waals surface area contributed by atoms with Crippen molar-refractivity contribution in [2.45, 2.75) is 39.2 Å². The van der Waals surface area contributed by atoms with Gasteiger partial charge in [-0.15, -0.1) is 0 Å². The molecule has 3 N–H and O–H groups in total. The summed E-state index contributed by atoms with van der Waals surface area (Å²) in [6.45, 7) is 8.72. The number of hydrogen-bond acceptors (Lipinski definition) is 2. The van der Waals surface area contributed by atoms with Crippen LogP contribution in [0, 0.1) is 5.92 Å². The van der Waals surface area contributed by atoms with Crippen LogP contribution in [0.3, 0.4) is 0 Å². The molecule has 0 aliphatic heterocycles. The van der Waals surface area contributed by atoms with E-state index in [-0.39, 0.29) is 17.2 Å². The average Bonchev–Trinajstić information content (AvgIpc) is 2.36. The van der Waals surface area contributed by atoms with Crippen molar-refractivity contribution in [3.63, 3.8) is 0 Å². The van der Waals surface area contributed by atoms with Crippen molar-refractivity contribution in [2.75, 3.05) is 6.54 Å². The Bertz CT molecular complexity index is 385. The van der Waals surface area contributed by atoms with Crippen LogP contribution < -0.4 is 11.1 Å². The highest BCUT2D eigenvalue weighted by atomic mass is 16.2. The molecule has 3 heteroatoms. The summed E-state index contributed by atoms with van der Waals surface area (Å²) in [7, 11) is 0. The maximum atomic E-state index is 11.8. The van der Waals surface area contributed by atoms with Gasteiger partial charge in [0.1, 0.15) is 0 Å². The normalized spacial score (nSPS) is 13.4. The Morgan fingerprint density at radius 3 is 2.33 bits per heavy atom. The SMILES string of the molecule is CC(C)[C@H](N)C(=O)NCC(C)(C)c1ccccc1. The minimum absolute atomic E-state index is 0.0750. The van der Waals surface area contributed by atoms with Crippen LogP contribution in [0.15, 0.2) is 30.3 Å². The lowest BCUT2D eigenvalue weighted by molar-refractivity contribution is -0.123. The minimum Gasteiger partial charge on any atom is -0.354 e. The Morgan fingerprint density at radius 1 is 1.28 bits per heavy atom. The summed E-state index contributed by atoms with van der Waals surface area (Å²) in [5.74, 6) is 0.0823. The van der Waals surface area contributed by atoms with Gasteiger partial charge >= 0.3 is 0 Å². The molecule has 0 aliphatic carbocycles. The third kappa shape index (κ3) is 3.84. The van der Waals surface area contributed by atoms with Crippen LogP contribution in [0.4, 0.5) is 0 Å². The number of benzene rings is 1. The summed E-state index contributed by atoms with van der Waals surface area (Å²) in [5.41, 5.74) is 6.94. The van der Waals surface area contributed by atoms with Crippen molar-refractivity contribution in [1.82, 2.24) is 5.32 Å². The lowest BCUT2D eigenvalue weighted by Crippen LogP contribution is -2.47. The quantitative estimate of drug-likeness (QED) is 0.838. The standard InChI is InChI=1S/C15H24N2O/c1-11(2)13(16)14(18)17-10-15(3,4)12-8-6-5-7-9-12/h5-9,11,13H,10,16H2,1-4H3,(H,17,18)/t13-/m0/s1. The predicted molar refractivity (Wildman–Crippen MR) is 75.3 cm³/mol. The van der Waals surface area contributed by atoms with E-state index in [1.807, 2.05) is 32.0 Å². The predicted octanol–water partition coefficient (Wildman–Crippen LogP) is 2.06. The van der Waals surface area contributed by atoms with Crippen molar-refractivity contribution in [3.8, 4) is 0 Å². The van der Waals surface area contributed by atoms with Crippen molar-refractivity contribution < 1.29 is 4.79 Å². The molecule has 0 saturated heterocycles. The summed E-state index contributed by atoms with van der Waals surface area (Å²) < 4.78 is 0. The monoisotopic (exact) mass is 248 g/mol. The molecular formula is C15H24N2O. The zero-order valence-electron chi connectivity index (χ0n) is 11.7. The summed E-state index contributed by atoms with van der Waals surface area (Å²) in [6.07, 6.45) is 0. The van der Waals surface area contributed by atoms with Crippen molar-refractivity contribution >= 4 is 5.91 Å². The van der Waals surface area contributed by atoms with E-state index in [1.54, 1.807) is 0 Å². The molecule has 1 aromatic rings. The number of nitrogens with two attached hydrogens (primary N) is 1. The molecule has 3 nitrogen and oxygen atoms in total. The van der Waals surface area contributed by atoms with E-state index in [0.29, 0.717) is 6.54 Å². The van der Waals surface area contributed by atoms with Crippen LogP contribution in [-0.4, -0.2) is 18.5 Å². The molecule has 0 radical (unpaired) electrons. The summed E-state index contributed by atoms with van der Waals surface area (Å²) >= 11 is 0. The number of amides is 1. The summed E-state index contributed by atoms with van der Waals surface area (Å²) in [4.78, 5) is 11.8. The van der Waals surface area contributed by atoms with Gasteiger partial charge in [-0.25, -0.2) is 0 Å². The Labute approximate surface area is 110 Å². The van der Waals surface area contributed by atoms with Gasteiger partial charge < -0.3 is 11.1 Å². The Balaban J connectivity index is 2.60. The Hall–Kier alpha value is -1.35. The van der Waals surface area contributed by atoms with Gasteiger partial charge in [-0.3, -0.25) is 4.79 Å². The molecule has 0 saturated carbocycles. The molecule has 1 aromatic carbocycles. The molecule has 0 spiro atoms. The molecule has 0 unspecified atom stereocenters. The van der Waals surface area contributed by atoms with Gasteiger partial charge in [-0.05, 0) is 11.5 Å². The van der Waals surface area contributed by atoms with Crippen LogP contribution in [-0.2, 0) is 10.2 Å². The number of rotatable bonds is 5. The van der Waals surface area contributed by atoms with Gasteiger partial charge in [-0.1, -0.05) is 58.0 Å². The minimum atomic E-state index is -0.434. The smallest absolute Gasteiger partial charge is 0.237 e. The summed E-state index contributed by atoms with van der Waals surface area (Å²) in [5, 5.41) is 2.94. The van der Waals surface area contributed by atoms with E-state index in [2.05, 4.69) is 31.3 Å². The lowest BCUT2D eigenvalue weighted by atomic mass is 9.84. The molecule has 0 bridgehead atoms. The van der Waals surface area contributed by atoms with Crippen LogP contribution in [0.25, 0.3) is 0 Å². The fraction of sp³-hybridized carbons (Fsp3) is 0.533. The highest BCUT2D eigenvalue weighted by Gasteiger charge is 2.23. The van der Waals surface area contributed by atoms with Crippen molar-refractivity contribution in [1.29, 1.82) is 0 Å². The van der Waals surface area contributed by atoms with Gasteiger partial charge in [-0.2, -0.15) is 0 Å². The third-order valence-corrected chi connectivity index (χ3v) is 3.28. The number of carbonyl (C=O) groups excluding carboxylic acids is 1. The second kappa shape index (κ2) is 6.01. The highest BCUT2D eigenvalue weighted by Crippen LogP contribution is 2.21. The highest BCUT2D eigenvalue weighted by molar-refractivity contribution is 5.81. The lowest BCUT2D eigenvalue weighted by Gasteiger charge is -2.27. The first-order chi connectivity index (χ1) is 8.34. The molecule has 0 aliphatic rings. The zero-order valence-corrected chi connectivity index (χ0v) is 11.7. The van der Waals surface area contributed by atoms with E-state index < -0.39 is 6.04 Å². The van der Waals surface area contributed by atoms with E-state index >= 15 is 0 Å². The first-order valence-corrected chi connectivity index (χ1v) is 6.43. The molecule has 1 atom stereocenters. The maximum Gasteiger partial charge on any atom is 0.237 e. The first-order valence-electron chi connectivity index (χ1n) is 6.43. The van der Waals surface area contributed by atoms with E-state index in [9.17, 15) is 4.79 Å². The Kier molecular flexibility index (Phi) is 4.91. The molecular weight excluding hydrogens is 224 g/mol. The van der Waals surface area contributed by atoms with Crippen LogP contribution in [0.5, 0.6) is 0 Å². The first kappa shape index (κ1) is 14.7. The van der Waals surface area contributed by atoms with Gasteiger partial charge in [0.15, 0.2) is 0 Å². The average molecular weight is 248 g/mol. The van der Waals surface area contributed by atoms with Crippen LogP contribution >= 0.6 is 0 Å². The topological polar surface area (TPSA) is 55.1 Å². The largest absolute Gasteiger partial charge is 0.354 e. The fourth-order valence-corrected chi connectivity index (χ4v) is 1.72. The van der Waals surface area contributed by atoms with Gasteiger partial charge in [0.25, 0.3) is 0 Å². The molecule has 0 heterocycles. The second-order valence-electron chi connectivity index (χ2n) is 5.74. The van der Waals surface area contributed by atoms with Gasteiger partial charge in [0, 0.05) is 12.0 Å². The third-order valence-electron chi connectivity index (χ3n) is 3.28. The number of hydrogen-bond donors (Lipinski definition) is 2. The molecule has 1 amide bonds. The maximum absolute atomic E-state index is 11.8. The van der Waals surface area contributed by atoms with E-state index in [0.717, 1.165) is 0 Å².